The molecule has 0 bridgehead atoms. The van der Waals surface area contributed by atoms with Crippen LogP contribution in [0, 0.1) is 0 Å². The number of hydrogen-bond donors (Lipinski definition) is 0. The summed E-state index contributed by atoms with van der Waals surface area (Å²) in [6, 6.07) is 28.1. The van der Waals surface area contributed by atoms with E-state index in [4.69, 9.17) is 9.72 Å². The Morgan fingerprint density at radius 3 is 2.07 bits per heavy atom. The molecule has 1 aromatic heterocycles. The van der Waals surface area contributed by atoms with E-state index in [1.807, 2.05) is 66.7 Å². The number of aromatic nitrogens is 1. The van der Waals surface area contributed by atoms with Gasteiger partial charge in [-0.2, -0.15) is 0 Å². The number of methoxy groups -OCH3 is 1. The first-order valence-electron chi connectivity index (χ1n) is 8.87. The largest absolute Gasteiger partial charge is 0.464 e. The number of rotatable bonds is 4. The Kier molecular flexibility index (Phi) is 4.67. The van der Waals surface area contributed by atoms with Crippen LogP contribution in [-0.2, 0) is 11.2 Å². The van der Waals surface area contributed by atoms with Crippen LogP contribution in [-0.4, -0.2) is 18.1 Å². The Morgan fingerprint density at radius 1 is 0.815 bits per heavy atom. The molecule has 0 aliphatic rings. The molecule has 0 atom stereocenters. The van der Waals surface area contributed by atoms with Gasteiger partial charge >= 0.3 is 5.97 Å². The van der Waals surface area contributed by atoms with E-state index in [1.54, 1.807) is 0 Å². The Balaban J connectivity index is 2.00. The maximum absolute atomic E-state index is 12.6. The molecule has 132 valence electrons. The van der Waals surface area contributed by atoms with Crippen molar-refractivity contribution in [1.82, 2.24) is 4.98 Å². The van der Waals surface area contributed by atoms with E-state index in [9.17, 15) is 4.79 Å². The van der Waals surface area contributed by atoms with Crippen molar-refractivity contribution in [1.29, 1.82) is 0 Å². The van der Waals surface area contributed by atoms with Crippen LogP contribution in [0.1, 0.15) is 21.6 Å². The molecule has 1 heterocycles. The van der Waals surface area contributed by atoms with E-state index < -0.39 is 5.97 Å². The highest BCUT2D eigenvalue weighted by Gasteiger charge is 2.20. The van der Waals surface area contributed by atoms with Gasteiger partial charge in [0.15, 0.2) is 5.69 Å². The van der Waals surface area contributed by atoms with E-state index in [-0.39, 0.29) is 0 Å². The number of ether oxygens (including phenoxy) is 1. The number of esters is 1. The predicted molar refractivity (Wildman–Crippen MR) is 108 cm³/mol. The average Bonchev–Trinajstić information content (AvgIpc) is 2.74. The Morgan fingerprint density at radius 2 is 1.41 bits per heavy atom. The fourth-order valence-electron chi connectivity index (χ4n) is 3.38. The molecule has 3 heteroatoms. The van der Waals surface area contributed by atoms with E-state index in [0.29, 0.717) is 12.1 Å². The number of carbonyl (C=O) groups is 1. The molecule has 0 N–H and O–H groups in total. The third-order valence-electron chi connectivity index (χ3n) is 4.67. The van der Waals surface area contributed by atoms with Crippen LogP contribution < -0.4 is 0 Å². The van der Waals surface area contributed by atoms with Crippen molar-refractivity contribution in [3.05, 3.63) is 102 Å². The Bertz CT molecular complexity index is 1090. The van der Waals surface area contributed by atoms with E-state index in [1.165, 1.54) is 7.11 Å². The maximum atomic E-state index is 12.6. The summed E-state index contributed by atoms with van der Waals surface area (Å²) in [4.78, 5) is 17.3. The summed E-state index contributed by atoms with van der Waals surface area (Å²) in [5, 5.41) is 2.05. The van der Waals surface area contributed by atoms with E-state index >= 15 is 0 Å². The summed E-state index contributed by atoms with van der Waals surface area (Å²) < 4.78 is 5.05. The van der Waals surface area contributed by atoms with Crippen molar-refractivity contribution in [2.45, 2.75) is 6.42 Å². The van der Waals surface area contributed by atoms with Crippen molar-refractivity contribution >= 4 is 16.7 Å². The third kappa shape index (κ3) is 3.32. The summed E-state index contributed by atoms with van der Waals surface area (Å²) in [6.07, 6.45) is 0.619. The molecule has 4 aromatic rings. The summed E-state index contributed by atoms with van der Waals surface area (Å²) in [5.41, 5.74) is 4.16. The molecule has 0 unspecified atom stereocenters. The first-order valence-corrected chi connectivity index (χ1v) is 8.87. The predicted octanol–water partition coefficient (Wildman–Crippen LogP) is 5.28. The van der Waals surface area contributed by atoms with Crippen LogP contribution in [0.4, 0.5) is 0 Å². The number of benzene rings is 3. The van der Waals surface area contributed by atoms with Gasteiger partial charge < -0.3 is 4.74 Å². The van der Waals surface area contributed by atoms with Crippen LogP contribution in [0.3, 0.4) is 0 Å². The lowest BCUT2D eigenvalue weighted by molar-refractivity contribution is 0.0593. The van der Waals surface area contributed by atoms with Gasteiger partial charge in [-0.1, -0.05) is 84.9 Å². The first kappa shape index (κ1) is 17.0. The van der Waals surface area contributed by atoms with Crippen molar-refractivity contribution in [3.63, 3.8) is 0 Å². The van der Waals surface area contributed by atoms with Gasteiger partial charge in [0.05, 0.1) is 12.8 Å². The molecule has 0 saturated heterocycles. The van der Waals surface area contributed by atoms with Crippen LogP contribution in [0.5, 0.6) is 0 Å². The normalized spacial score (nSPS) is 10.7. The standard InChI is InChI=1S/C24H19NO2/c1-27-24(26)23-21(16-17-10-4-2-5-11-17)19-14-8-9-15-20(19)22(25-23)18-12-6-3-7-13-18/h2-15H,16H2,1H3. The third-order valence-corrected chi connectivity index (χ3v) is 4.67. The molecule has 3 aromatic carbocycles. The van der Waals surface area contributed by atoms with Gasteiger partial charge in [0.25, 0.3) is 0 Å². The van der Waals surface area contributed by atoms with Crippen LogP contribution in [0.2, 0.25) is 0 Å². The van der Waals surface area contributed by atoms with Crippen LogP contribution in [0.15, 0.2) is 84.9 Å². The molecule has 0 spiro atoms. The van der Waals surface area contributed by atoms with Crippen molar-refractivity contribution < 1.29 is 9.53 Å². The van der Waals surface area contributed by atoms with Gasteiger partial charge in [0, 0.05) is 17.4 Å². The summed E-state index contributed by atoms with van der Waals surface area (Å²) in [5.74, 6) is -0.413. The zero-order chi connectivity index (χ0) is 18.6. The maximum Gasteiger partial charge on any atom is 0.356 e. The van der Waals surface area contributed by atoms with Crippen LogP contribution >= 0.6 is 0 Å². The highest BCUT2D eigenvalue weighted by Crippen LogP contribution is 2.32. The minimum Gasteiger partial charge on any atom is -0.464 e. The highest BCUT2D eigenvalue weighted by atomic mass is 16.5. The lowest BCUT2D eigenvalue weighted by Crippen LogP contribution is -2.11. The summed E-state index contributed by atoms with van der Waals surface area (Å²) in [7, 11) is 1.40. The molecular formula is C24H19NO2. The van der Waals surface area contributed by atoms with E-state index in [2.05, 4.69) is 18.2 Å². The van der Waals surface area contributed by atoms with Crippen molar-refractivity contribution in [2.24, 2.45) is 0 Å². The molecule has 27 heavy (non-hydrogen) atoms. The lowest BCUT2D eigenvalue weighted by Gasteiger charge is -2.15. The fraction of sp³-hybridized carbons (Fsp3) is 0.0833. The molecule has 0 amide bonds. The number of fused-ring (bicyclic) bond motifs is 1. The minimum atomic E-state index is -0.413. The van der Waals surface area contributed by atoms with Crippen LogP contribution in [0.25, 0.3) is 22.0 Å². The molecule has 4 rings (SSSR count). The molecule has 0 aliphatic carbocycles. The van der Waals surface area contributed by atoms with Gasteiger partial charge in [-0.25, -0.2) is 9.78 Å². The average molecular weight is 353 g/mol. The minimum absolute atomic E-state index is 0.374. The fourth-order valence-corrected chi connectivity index (χ4v) is 3.38. The smallest absolute Gasteiger partial charge is 0.356 e. The second-order valence-electron chi connectivity index (χ2n) is 6.35. The van der Waals surface area contributed by atoms with Gasteiger partial charge in [0.1, 0.15) is 0 Å². The molecule has 0 fully saturated rings. The molecule has 0 radical (unpaired) electrons. The molecule has 3 nitrogen and oxygen atoms in total. The molecular weight excluding hydrogens is 334 g/mol. The lowest BCUT2D eigenvalue weighted by atomic mass is 9.94. The highest BCUT2D eigenvalue weighted by molar-refractivity contribution is 6.02. The summed E-state index contributed by atoms with van der Waals surface area (Å²) >= 11 is 0. The number of nitrogens with zero attached hydrogens (tertiary/aromatic N) is 1. The zero-order valence-corrected chi connectivity index (χ0v) is 15.1. The molecule has 0 aliphatic heterocycles. The second kappa shape index (κ2) is 7.42. The van der Waals surface area contributed by atoms with Gasteiger partial charge in [-0.05, 0) is 16.5 Å². The monoisotopic (exact) mass is 353 g/mol. The van der Waals surface area contributed by atoms with Crippen molar-refractivity contribution in [2.75, 3.05) is 7.11 Å². The second-order valence-corrected chi connectivity index (χ2v) is 6.35. The number of pyridine rings is 1. The zero-order valence-electron chi connectivity index (χ0n) is 15.1. The topological polar surface area (TPSA) is 39.2 Å². The van der Waals surface area contributed by atoms with Gasteiger partial charge in [-0.15, -0.1) is 0 Å². The summed E-state index contributed by atoms with van der Waals surface area (Å²) in [6.45, 7) is 0. The van der Waals surface area contributed by atoms with Gasteiger partial charge in [-0.3, -0.25) is 0 Å². The van der Waals surface area contributed by atoms with E-state index in [0.717, 1.165) is 33.2 Å². The molecule has 0 saturated carbocycles. The first-order chi connectivity index (χ1) is 13.3. The van der Waals surface area contributed by atoms with Gasteiger partial charge in [0.2, 0.25) is 0 Å². The number of hydrogen-bond acceptors (Lipinski definition) is 3. The Hall–Kier alpha value is -3.46. The quantitative estimate of drug-likeness (QED) is 0.469. The number of carbonyl (C=O) groups excluding carboxylic acids is 1. The SMILES string of the molecule is COC(=O)c1nc(-c2ccccc2)c2ccccc2c1Cc1ccccc1. The Labute approximate surface area is 158 Å². The van der Waals surface area contributed by atoms with Crippen molar-refractivity contribution in [3.8, 4) is 11.3 Å².